The Morgan fingerprint density at radius 3 is 2.71 bits per heavy atom. The Kier molecular flexibility index (Phi) is 4.46. The first-order valence-corrected chi connectivity index (χ1v) is 7.80. The van der Waals surface area contributed by atoms with E-state index in [9.17, 15) is 19.5 Å². The summed E-state index contributed by atoms with van der Waals surface area (Å²) in [5.74, 6) is -1.69. The summed E-state index contributed by atoms with van der Waals surface area (Å²) < 4.78 is 0. The summed E-state index contributed by atoms with van der Waals surface area (Å²) in [5.41, 5.74) is 2.36. The number of amides is 1. The van der Waals surface area contributed by atoms with Gasteiger partial charge in [-0.15, -0.1) is 0 Å². The van der Waals surface area contributed by atoms with Crippen LogP contribution in [0.15, 0.2) is 47.4 Å². The first-order valence-electron chi connectivity index (χ1n) is 7.80. The van der Waals surface area contributed by atoms with Gasteiger partial charge < -0.3 is 15.0 Å². The molecule has 1 amide bonds. The number of carboxylic acid groups (broad SMARTS) is 1. The largest absolute Gasteiger partial charge is 0.481 e. The highest BCUT2D eigenvalue weighted by Crippen LogP contribution is 2.28. The fourth-order valence-electron chi connectivity index (χ4n) is 3.02. The van der Waals surface area contributed by atoms with Crippen molar-refractivity contribution in [3.05, 3.63) is 69.6 Å². The molecule has 2 aromatic rings. The summed E-state index contributed by atoms with van der Waals surface area (Å²) in [4.78, 5) is 39.2. The van der Waals surface area contributed by atoms with E-state index in [1.54, 1.807) is 17.2 Å². The lowest BCUT2D eigenvalue weighted by atomic mass is 9.89. The molecule has 24 heavy (non-hydrogen) atoms. The number of H-pyrrole nitrogens is 1. The van der Waals surface area contributed by atoms with Crippen molar-refractivity contribution >= 4 is 11.9 Å². The van der Waals surface area contributed by atoms with Crippen LogP contribution >= 0.6 is 0 Å². The third-order valence-corrected chi connectivity index (χ3v) is 4.32. The van der Waals surface area contributed by atoms with Crippen LogP contribution in [-0.2, 0) is 22.6 Å². The number of hydrogen-bond acceptors (Lipinski definition) is 3. The number of carboxylic acids is 1. The highest BCUT2D eigenvalue weighted by Gasteiger charge is 2.32. The van der Waals surface area contributed by atoms with Crippen LogP contribution in [-0.4, -0.2) is 33.4 Å². The Bertz CT molecular complexity index is 807. The Hall–Kier alpha value is -2.89. The molecule has 0 bridgehead atoms. The SMILES string of the molecule is O=C(O)C1CN(C(=O)CCc2ccc(=O)[nH]c2)Cc2ccccc21. The number of aromatic nitrogens is 1. The normalized spacial score (nSPS) is 16.5. The van der Waals surface area contributed by atoms with E-state index >= 15 is 0 Å². The summed E-state index contributed by atoms with van der Waals surface area (Å²) in [6, 6.07) is 10.5. The van der Waals surface area contributed by atoms with Gasteiger partial charge in [0.15, 0.2) is 0 Å². The lowest BCUT2D eigenvalue weighted by Crippen LogP contribution is -2.40. The predicted molar refractivity (Wildman–Crippen MR) is 87.6 cm³/mol. The maximum Gasteiger partial charge on any atom is 0.312 e. The van der Waals surface area contributed by atoms with Crippen LogP contribution in [0.3, 0.4) is 0 Å². The number of carbonyl (C=O) groups is 2. The molecule has 1 aliphatic heterocycles. The zero-order valence-electron chi connectivity index (χ0n) is 13.1. The van der Waals surface area contributed by atoms with Gasteiger partial charge in [0.2, 0.25) is 11.5 Å². The van der Waals surface area contributed by atoms with Crippen LogP contribution in [0.2, 0.25) is 0 Å². The van der Waals surface area contributed by atoms with E-state index in [0.717, 1.165) is 16.7 Å². The molecule has 1 unspecified atom stereocenters. The summed E-state index contributed by atoms with van der Waals surface area (Å²) in [7, 11) is 0. The number of rotatable bonds is 4. The first kappa shape index (κ1) is 16.0. The van der Waals surface area contributed by atoms with Crippen molar-refractivity contribution in [2.75, 3.05) is 6.54 Å². The molecule has 0 radical (unpaired) electrons. The van der Waals surface area contributed by atoms with Crippen molar-refractivity contribution < 1.29 is 14.7 Å². The number of nitrogens with one attached hydrogen (secondary N) is 1. The molecule has 0 saturated carbocycles. The van der Waals surface area contributed by atoms with Gasteiger partial charge >= 0.3 is 5.97 Å². The Morgan fingerprint density at radius 2 is 2.00 bits per heavy atom. The molecule has 6 heteroatoms. The fraction of sp³-hybridized carbons (Fsp3) is 0.278. The van der Waals surface area contributed by atoms with E-state index in [0.29, 0.717) is 13.0 Å². The maximum atomic E-state index is 12.5. The van der Waals surface area contributed by atoms with Crippen molar-refractivity contribution in [1.29, 1.82) is 0 Å². The molecule has 1 aromatic heterocycles. The highest BCUT2D eigenvalue weighted by molar-refractivity contribution is 5.81. The number of nitrogens with zero attached hydrogens (tertiary/aromatic N) is 1. The molecule has 3 rings (SSSR count). The van der Waals surface area contributed by atoms with Gasteiger partial charge in [-0.1, -0.05) is 30.3 Å². The van der Waals surface area contributed by atoms with Crippen molar-refractivity contribution in [3.63, 3.8) is 0 Å². The Balaban J connectivity index is 1.70. The van der Waals surface area contributed by atoms with Gasteiger partial charge in [0, 0.05) is 31.8 Å². The first-order chi connectivity index (χ1) is 11.5. The van der Waals surface area contributed by atoms with Gasteiger partial charge in [-0.05, 0) is 23.1 Å². The number of fused-ring (bicyclic) bond motifs is 1. The second-order valence-corrected chi connectivity index (χ2v) is 5.93. The average Bonchev–Trinajstić information content (AvgIpc) is 2.59. The van der Waals surface area contributed by atoms with Crippen molar-refractivity contribution in [2.24, 2.45) is 0 Å². The van der Waals surface area contributed by atoms with E-state index in [2.05, 4.69) is 4.98 Å². The van der Waals surface area contributed by atoms with Crippen LogP contribution in [0.5, 0.6) is 0 Å². The lowest BCUT2D eigenvalue weighted by molar-refractivity contribution is -0.141. The Labute approximate surface area is 138 Å². The minimum atomic E-state index is -0.916. The van der Waals surface area contributed by atoms with Gasteiger partial charge in [-0.3, -0.25) is 14.4 Å². The molecule has 0 aliphatic carbocycles. The summed E-state index contributed by atoms with van der Waals surface area (Å²) in [5, 5.41) is 9.45. The summed E-state index contributed by atoms with van der Waals surface area (Å²) in [6.07, 6.45) is 2.38. The van der Waals surface area contributed by atoms with Crippen molar-refractivity contribution in [2.45, 2.75) is 25.3 Å². The topological polar surface area (TPSA) is 90.5 Å². The zero-order valence-corrected chi connectivity index (χ0v) is 13.1. The number of aliphatic carboxylic acids is 1. The van der Waals surface area contributed by atoms with Crippen LogP contribution in [0.4, 0.5) is 0 Å². The molecular formula is C18H18N2O4. The fourth-order valence-corrected chi connectivity index (χ4v) is 3.02. The monoisotopic (exact) mass is 326 g/mol. The molecule has 6 nitrogen and oxygen atoms in total. The quantitative estimate of drug-likeness (QED) is 0.891. The van der Waals surface area contributed by atoms with Crippen LogP contribution < -0.4 is 5.56 Å². The second-order valence-electron chi connectivity index (χ2n) is 5.93. The van der Waals surface area contributed by atoms with Gasteiger partial charge in [-0.25, -0.2) is 0 Å². The van der Waals surface area contributed by atoms with Gasteiger partial charge in [0.25, 0.3) is 0 Å². The average molecular weight is 326 g/mol. The van der Waals surface area contributed by atoms with Gasteiger partial charge in [-0.2, -0.15) is 0 Å². The smallest absolute Gasteiger partial charge is 0.312 e. The van der Waals surface area contributed by atoms with Gasteiger partial charge in [0.1, 0.15) is 0 Å². The number of carbonyl (C=O) groups excluding carboxylic acids is 1. The number of pyridine rings is 1. The molecule has 1 aliphatic rings. The molecule has 0 fully saturated rings. The minimum Gasteiger partial charge on any atom is -0.481 e. The van der Waals surface area contributed by atoms with E-state index in [-0.39, 0.29) is 24.4 Å². The highest BCUT2D eigenvalue weighted by atomic mass is 16.4. The number of aromatic amines is 1. The van der Waals surface area contributed by atoms with Crippen molar-refractivity contribution in [1.82, 2.24) is 9.88 Å². The maximum absolute atomic E-state index is 12.5. The van der Waals surface area contributed by atoms with Crippen molar-refractivity contribution in [3.8, 4) is 0 Å². The molecule has 1 aromatic carbocycles. The third kappa shape index (κ3) is 3.37. The second kappa shape index (κ2) is 6.70. The minimum absolute atomic E-state index is 0.0815. The van der Waals surface area contributed by atoms with Crippen LogP contribution in [0, 0.1) is 0 Å². The van der Waals surface area contributed by atoms with Crippen LogP contribution in [0.25, 0.3) is 0 Å². The number of hydrogen-bond donors (Lipinski definition) is 2. The van der Waals surface area contributed by atoms with E-state index in [1.807, 2.05) is 24.3 Å². The zero-order chi connectivity index (χ0) is 17.1. The molecule has 0 spiro atoms. The van der Waals surface area contributed by atoms with E-state index < -0.39 is 11.9 Å². The predicted octanol–water partition coefficient (Wildman–Crippen LogP) is 1.52. The van der Waals surface area contributed by atoms with Gasteiger partial charge in [0.05, 0.1) is 5.92 Å². The van der Waals surface area contributed by atoms with Crippen LogP contribution in [0.1, 0.15) is 29.0 Å². The molecule has 2 heterocycles. The molecule has 124 valence electrons. The lowest BCUT2D eigenvalue weighted by Gasteiger charge is -2.33. The van der Waals surface area contributed by atoms with E-state index in [1.165, 1.54) is 6.07 Å². The molecular weight excluding hydrogens is 308 g/mol. The third-order valence-electron chi connectivity index (χ3n) is 4.32. The standard InChI is InChI=1S/C18H18N2O4/c21-16-7-5-12(9-19-16)6-8-17(22)20-10-13-3-1-2-4-14(13)15(11-20)18(23)24/h1-5,7,9,15H,6,8,10-11H2,(H,19,21)(H,23,24). The molecule has 0 saturated heterocycles. The Morgan fingerprint density at radius 1 is 1.21 bits per heavy atom. The number of benzene rings is 1. The number of aryl methyl sites for hydroxylation is 1. The summed E-state index contributed by atoms with van der Waals surface area (Å²) >= 11 is 0. The van der Waals surface area contributed by atoms with E-state index in [4.69, 9.17) is 0 Å². The molecule has 1 atom stereocenters. The summed E-state index contributed by atoms with van der Waals surface area (Å²) in [6.45, 7) is 0.626. The molecule has 2 N–H and O–H groups in total.